The number of carboxylic acids is 1. The van der Waals surface area contributed by atoms with Crippen LogP contribution in [0.1, 0.15) is 2.85 Å². The molecule has 0 unspecified atom stereocenters. The fourth-order valence-corrected chi connectivity index (χ4v) is 0.668. The first-order valence-corrected chi connectivity index (χ1v) is 5.57. The standard InChI is InChI=1S/C6H12O7.Mg.H2O4S.Zn.2H/c7-1-2(8)3(9)4(10)5(11)6(12)13;;1-5(2,3)4;;;/h2-5,7-11H,1H2,(H,12,13);;(H2,1,2,3,4);;;/q;+2;;;2*-1/t2-,3-,4+,5-;;;;;/m1...../s1. The largest absolute Gasteiger partial charge is 2.00 e. The summed E-state index contributed by atoms with van der Waals surface area (Å²) in [5.41, 5.74) is 0. The van der Waals surface area contributed by atoms with Crippen LogP contribution in [-0.2, 0) is 34.7 Å². The number of rotatable bonds is 5. The van der Waals surface area contributed by atoms with Gasteiger partial charge in [-0.15, -0.1) is 0 Å². The van der Waals surface area contributed by atoms with E-state index in [1.54, 1.807) is 0 Å². The van der Waals surface area contributed by atoms with Crippen molar-refractivity contribution in [1.29, 1.82) is 0 Å². The Morgan fingerprint density at radius 1 is 1.05 bits per heavy atom. The molecule has 0 fully saturated rings. The molecule has 0 bridgehead atoms. The van der Waals surface area contributed by atoms with Crippen LogP contribution >= 0.6 is 0 Å². The molecule has 0 aromatic carbocycles. The smallest absolute Gasteiger partial charge is 1.00 e. The summed E-state index contributed by atoms with van der Waals surface area (Å²) >= 11 is 0. The zero-order valence-electron chi connectivity index (χ0n) is 12.1. The number of hydrogen-bond donors (Lipinski definition) is 8. The van der Waals surface area contributed by atoms with E-state index in [0.717, 1.165) is 0 Å². The van der Waals surface area contributed by atoms with E-state index in [1.807, 2.05) is 0 Å². The molecule has 0 aliphatic carbocycles. The predicted octanol–water partition coefficient (Wildman–Crippen LogP) is -4.30. The minimum Gasteiger partial charge on any atom is -1.00 e. The van der Waals surface area contributed by atoms with Crippen molar-refractivity contribution in [3.05, 3.63) is 0 Å². The summed E-state index contributed by atoms with van der Waals surface area (Å²) in [4.78, 5) is 10.1. The van der Waals surface area contributed by atoms with Crippen LogP contribution in [0.2, 0.25) is 0 Å². The Kier molecular flexibility index (Phi) is 18.9. The van der Waals surface area contributed by atoms with Gasteiger partial charge < -0.3 is 33.5 Å². The summed E-state index contributed by atoms with van der Waals surface area (Å²) < 4.78 is 31.6. The van der Waals surface area contributed by atoms with Crippen LogP contribution < -0.4 is 0 Å². The normalized spacial score (nSPS) is 16.1. The molecule has 116 valence electrons. The van der Waals surface area contributed by atoms with E-state index < -0.39 is 47.4 Å². The van der Waals surface area contributed by atoms with E-state index in [0.29, 0.717) is 0 Å². The van der Waals surface area contributed by atoms with Crippen LogP contribution in [0.15, 0.2) is 0 Å². The van der Waals surface area contributed by atoms with E-state index in [-0.39, 0.29) is 45.4 Å². The van der Waals surface area contributed by atoms with Gasteiger partial charge in [-0.05, 0) is 0 Å². The third kappa shape index (κ3) is 16.6. The zero-order valence-corrected chi connectivity index (χ0v) is 15.3. The first kappa shape index (κ1) is 28.7. The van der Waals surface area contributed by atoms with Gasteiger partial charge in [-0.25, -0.2) is 4.79 Å². The Hall–Kier alpha value is 0.530. The number of aliphatic hydroxyl groups is 5. The average Bonchev–Trinajstić information content (AvgIpc) is 2.22. The summed E-state index contributed by atoms with van der Waals surface area (Å²) in [6.07, 6.45) is -7.84. The molecular formula is C6H16MgO11SZn. The molecule has 8 N–H and O–H groups in total. The molecule has 4 atom stereocenters. The first-order chi connectivity index (χ1) is 7.91. The second kappa shape index (κ2) is 13.2. The fourth-order valence-electron chi connectivity index (χ4n) is 0.668. The van der Waals surface area contributed by atoms with E-state index in [2.05, 4.69) is 0 Å². The van der Waals surface area contributed by atoms with Crippen molar-refractivity contribution in [2.75, 3.05) is 6.61 Å². The molecule has 0 saturated carbocycles. The van der Waals surface area contributed by atoms with Gasteiger partial charge in [-0.2, -0.15) is 8.42 Å². The molecule has 14 heteroatoms. The topological polar surface area (TPSA) is 213 Å². The molecule has 0 aromatic heterocycles. The number of aliphatic carboxylic acids is 1. The molecule has 0 radical (unpaired) electrons. The minimum absolute atomic E-state index is 0. The second-order valence-corrected chi connectivity index (χ2v) is 3.86. The van der Waals surface area contributed by atoms with Crippen molar-refractivity contribution < 1.29 is 75.3 Å². The van der Waals surface area contributed by atoms with Crippen LogP contribution in [0.5, 0.6) is 0 Å². The molecule has 0 aliphatic rings. The Morgan fingerprint density at radius 3 is 1.55 bits per heavy atom. The summed E-state index contributed by atoms with van der Waals surface area (Å²) in [6.45, 7) is -0.843. The fraction of sp³-hybridized carbons (Fsp3) is 0.833. The van der Waals surface area contributed by atoms with Gasteiger partial charge in [0.2, 0.25) is 0 Å². The summed E-state index contributed by atoms with van der Waals surface area (Å²) in [6, 6.07) is 0. The predicted molar refractivity (Wildman–Crippen MR) is 60.9 cm³/mol. The second-order valence-electron chi connectivity index (χ2n) is 2.96. The van der Waals surface area contributed by atoms with Gasteiger partial charge in [0, 0.05) is 19.5 Å². The van der Waals surface area contributed by atoms with Gasteiger partial charge in [0.05, 0.1) is 6.61 Å². The average molecular weight is 386 g/mol. The molecule has 20 heavy (non-hydrogen) atoms. The number of hydrogen-bond acceptors (Lipinski definition) is 8. The first-order valence-electron chi connectivity index (χ1n) is 4.17. The van der Waals surface area contributed by atoms with Crippen LogP contribution in [0, 0.1) is 0 Å². The maximum atomic E-state index is 10.1. The van der Waals surface area contributed by atoms with Crippen LogP contribution in [0.25, 0.3) is 0 Å². The minimum atomic E-state index is -4.67. The quantitative estimate of drug-likeness (QED) is 0.167. The molecule has 0 spiro atoms. The molecule has 0 amide bonds. The van der Waals surface area contributed by atoms with Gasteiger partial charge in [0.1, 0.15) is 18.3 Å². The van der Waals surface area contributed by atoms with Gasteiger partial charge >= 0.3 is 39.4 Å². The maximum Gasteiger partial charge on any atom is 2.00 e. The van der Waals surface area contributed by atoms with Crippen LogP contribution in [0.3, 0.4) is 0 Å². The van der Waals surface area contributed by atoms with E-state index in [9.17, 15) is 4.79 Å². The molecule has 0 aromatic rings. The number of carbonyl (C=O) groups is 1. The van der Waals surface area contributed by atoms with E-state index >= 15 is 0 Å². The molecule has 0 rings (SSSR count). The Labute approximate surface area is 145 Å². The summed E-state index contributed by atoms with van der Waals surface area (Å²) in [7, 11) is -4.67. The third-order valence-electron chi connectivity index (χ3n) is 1.51. The van der Waals surface area contributed by atoms with Crippen molar-refractivity contribution >= 4 is 39.4 Å². The van der Waals surface area contributed by atoms with Crippen LogP contribution in [0.4, 0.5) is 0 Å². The maximum absolute atomic E-state index is 10.1. The number of aliphatic hydroxyl groups excluding tert-OH is 5. The molecular weight excluding hydrogens is 370 g/mol. The van der Waals surface area contributed by atoms with Crippen molar-refractivity contribution in [2.24, 2.45) is 0 Å². The van der Waals surface area contributed by atoms with E-state index in [1.165, 1.54) is 0 Å². The summed E-state index contributed by atoms with van der Waals surface area (Å²) in [5, 5.41) is 51.8. The Balaban J connectivity index is -0.0000000627. The van der Waals surface area contributed by atoms with Crippen LogP contribution in [-0.4, -0.2) is 108 Å². The third-order valence-corrected chi connectivity index (χ3v) is 1.51. The zero-order chi connectivity index (χ0) is 15.1. The monoisotopic (exact) mass is 384 g/mol. The van der Waals surface area contributed by atoms with Gasteiger partial charge in [0.15, 0.2) is 6.10 Å². The molecule has 0 aliphatic heterocycles. The van der Waals surface area contributed by atoms with Gasteiger partial charge in [-0.1, -0.05) is 0 Å². The van der Waals surface area contributed by atoms with Gasteiger partial charge in [-0.3, -0.25) is 9.11 Å². The molecule has 11 nitrogen and oxygen atoms in total. The SMILES string of the molecule is O=C(O)[C@H](O)[C@@H](O)[C@H](O)[C@H](O)CO.O=S(=O)(O)O.[H-].[H-].[Mg+2].[Zn]. The molecule has 0 heterocycles. The van der Waals surface area contributed by atoms with Crippen molar-refractivity contribution in [3.63, 3.8) is 0 Å². The van der Waals surface area contributed by atoms with Crippen molar-refractivity contribution in [1.82, 2.24) is 0 Å². The Bertz CT molecular complexity index is 350. The van der Waals surface area contributed by atoms with E-state index in [4.69, 9.17) is 48.2 Å². The van der Waals surface area contributed by atoms with Crippen molar-refractivity contribution in [2.45, 2.75) is 24.4 Å². The molecule has 0 saturated heterocycles. The van der Waals surface area contributed by atoms with Crippen molar-refractivity contribution in [3.8, 4) is 0 Å². The number of carboxylic acid groups (broad SMARTS) is 1. The summed E-state index contributed by atoms with van der Waals surface area (Å²) in [5.74, 6) is -1.73. The van der Waals surface area contributed by atoms with Gasteiger partial charge in [0.25, 0.3) is 0 Å². The Morgan fingerprint density at radius 2 is 1.35 bits per heavy atom.